The number of carbonyl (C=O) groups excluding carboxylic acids is 1. The number of hydrogen-bond acceptors (Lipinski definition) is 4. The van der Waals surface area contributed by atoms with Crippen LogP contribution < -0.4 is 15.4 Å². The Hall–Kier alpha value is -3.05. The van der Waals surface area contributed by atoms with E-state index in [-0.39, 0.29) is 5.91 Å². The van der Waals surface area contributed by atoms with E-state index in [9.17, 15) is 4.79 Å². The van der Waals surface area contributed by atoms with Gasteiger partial charge < -0.3 is 15.4 Å². The molecule has 138 valence electrons. The molecule has 0 unspecified atom stereocenters. The summed E-state index contributed by atoms with van der Waals surface area (Å²) in [5, 5.41) is 6.47. The molecule has 6 heteroatoms. The lowest BCUT2D eigenvalue weighted by atomic mass is 10.1. The van der Waals surface area contributed by atoms with Crippen LogP contribution in [0.2, 0.25) is 5.02 Å². The van der Waals surface area contributed by atoms with Gasteiger partial charge in [-0.2, -0.15) is 0 Å². The molecule has 1 aromatic heterocycles. The minimum atomic E-state index is -0.284. The van der Waals surface area contributed by atoms with Crippen LogP contribution in [0.4, 0.5) is 11.5 Å². The van der Waals surface area contributed by atoms with Gasteiger partial charge in [-0.05, 0) is 48.4 Å². The second kappa shape index (κ2) is 9.05. The van der Waals surface area contributed by atoms with Crippen LogP contribution >= 0.6 is 11.6 Å². The van der Waals surface area contributed by atoms with Crippen LogP contribution in [-0.4, -0.2) is 24.5 Å². The highest BCUT2D eigenvalue weighted by Crippen LogP contribution is 2.17. The number of methoxy groups -OCH3 is 1. The normalized spacial score (nSPS) is 10.3. The molecule has 0 aliphatic carbocycles. The molecule has 0 spiro atoms. The maximum atomic E-state index is 12.2. The topological polar surface area (TPSA) is 63.2 Å². The smallest absolute Gasteiger partial charge is 0.258 e. The zero-order chi connectivity index (χ0) is 19.1. The first-order valence-corrected chi connectivity index (χ1v) is 8.92. The Bertz CT molecular complexity index is 896. The number of amides is 1. The van der Waals surface area contributed by atoms with Crippen molar-refractivity contribution in [1.29, 1.82) is 0 Å². The Kier molecular flexibility index (Phi) is 6.28. The van der Waals surface area contributed by atoms with Crippen LogP contribution in [0.5, 0.6) is 5.75 Å². The predicted molar refractivity (Wildman–Crippen MR) is 109 cm³/mol. The number of benzene rings is 2. The number of nitrogens with one attached hydrogen (secondary N) is 2. The van der Waals surface area contributed by atoms with E-state index in [1.807, 2.05) is 30.3 Å². The van der Waals surface area contributed by atoms with Crippen molar-refractivity contribution in [2.45, 2.75) is 6.42 Å². The van der Waals surface area contributed by atoms with Gasteiger partial charge in [0.1, 0.15) is 11.6 Å². The summed E-state index contributed by atoms with van der Waals surface area (Å²) < 4.78 is 5.16. The minimum Gasteiger partial charge on any atom is -0.497 e. The predicted octanol–water partition coefficient (Wildman–Crippen LogP) is 4.65. The van der Waals surface area contributed by atoms with E-state index in [4.69, 9.17) is 16.3 Å². The molecule has 2 aromatic carbocycles. The fourth-order valence-corrected chi connectivity index (χ4v) is 2.77. The van der Waals surface area contributed by atoms with Crippen LogP contribution in [0.3, 0.4) is 0 Å². The standard InChI is InChI=1S/C21H20ClN3O2/c1-27-17-9-6-15(7-10-17)12-13-23-16-8-11-20(24-14-16)25-21(26)18-4-2-3-5-19(18)22/h2-11,14,23H,12-13H2,1H3,(H,24,25,26). The van der Waals surface area contributed by atoms with Gasteiger partial charge in [-0.3, -0.25) is 4.79 Å². The lowest BCUT2D eigenvalue weighted by molar-refractivity contribution is 0.102. The number of pyridine rings is 1. The summed E-state index contributed by atoms with van der Waals surface area (Å²) in [6.45, 7) is 0.777. The molecule has 3 aromatic rings. The molecule has 0 atom stereocenters. The summed E-state index contributed by atoms with van der Waals surface area (Å²) in [7, 11) is 1.66. The second-order valence-electron chi connectivity index (χ2n) is 5.89. The van der Waals surface area contributed by atoms with Crippen LogP contribution in [-0.2, 0) is 6.42 Å². The summed E-state index contributed by atoms with van der Waals surface area (Å²) in [6, 6.07) is 18.5. The third kappa shape index (κ3) is 5.21. The maximum Gasteiger partial charge on any atom is 0.258 e. The number of halogens is 1. The molecule has 1 heterocycles. The van der Waals surface area contributed by atoms with Gasteiger partial charge >= 0.3 is 0 Å². The molecule has 27 heavy (non-hydrogen) atoms. The lowest BCUT2D eigenvalue weighted by Gasteiger charge is -2.09. The fourth-order valence-electron chi connectivity index (χ4n) is 2.54. The number of nitrogens with zero attached hydrogens (tertiary/aromatic N) is 1. The van der Waals surface area contributed by atoms with Crippen molar-refractivity contribution in [2.75, 3.05) is 24.3 Å². The number of ether oxygens (including phenoxy) is 1. The minimum absolute atomic E-state index is 0.284. The number of hydrogen-bond donors (Lipinski definition) is 2. The Balaban J connectivity index is 1.51. The first-order chi connectivity index (χ1) is 13.2. The number of anilines is 2. The molecular weight excluding hydrogens is 362 g/mol. The highest BCUT2D eigenvalue weighted by atomic mass is 35.5. The highest BCUT2D eigenvalue weighted by Gasteiger charge is 2.10. The summed E-state index contributed by atoms with van der Waals surface area (Å²) in [5.41, 5.74) is 2.53. The summed E-state index contributed by atoms with van der Waals surface area (Å²) in [4.78, 5) is 16.5. The number of aromatic nitrogens is 1. The van der Waals surface area contributed by atoms with Crippen LogP contribution in [0.25, 0.3) is 0 Å². The molecule has 1 amide bonds. The van der Waals surface area contributed by atoms with Gasteiger partial charge in [0, 0.05) is 6.54 Å². The monoisotopic (exact) mass is 381 g/mol. The third-order valence-corrected chi connectivity index (χ3v) is 4.36. The van der Waals surface area contributed by atoms with Gasteiger partial charge in [-0.1, -0.05) is 35.9 Å². The van der Waals surface area contributed by atoms with E-state index in [2.05, 4.69) is 15.6 Å². The van der Waals surface area contributed by atoms with Crippen molar-refractivity contribution < 1.29 is 9.53 Å². The molecule has 2 N–H and O–H groups in total. The lowest BCUT2D eigenvalue weighted by Crippen LogP contribution is -2.13. The summed E-state index contributed by atoms with van der Waals surface area (Å²) in [5.74, 6) is 1.04. The van der Waals surface area contributed by atoms with E-state index >= 15 is 0 Å². The van der Waals surface area contributed by atoms with Crippen LogP contribution in [0.15, 0.2) is 66.9 Å². The molecule has 0 aliphatic rings. The van der Waals surface area contributed by atoms with Crippen molar-refractivity contribution >= 4 is 29.0 Å². The number of rotatable bonds is 7. The van der Waals surface area contributed by atoms with Crippen LogP contribution in [0.1, 0.15) is 15.9 Å². The maximum absolute atomic E-state index is 12.2. The van der Waals surface area contributed by atoms with E-state index in [0.29, 0.717) is 16.4 Å². The largest absolute Gasteiger partial charge is 0.497 e. The van der Waals surface area contributed by atoms with Crippen LogP contribution in [0, 0.1) is 0 Å². The van der Waals surface area contributed by atoms with E-state index < -0.39 is 0 Å². The van der Waals surface area contributed by atoms with E-state index in [0.717, 1.165) is 24.4 Å². The molecule has 0 bridgehead atoms. The molecule has 0 radical (unpaired) electrons. The average molecular weight is 382 g/mol. The molecule has 0 saturated carbocycles. The van der Waals surface area contributed by atoms with E-state index in [1.165, 1.54) is 5.56 Å². The van der Waals surface area contributed by atoms with Gasteiger partial charge in [-0.15, -0.1) is 0 Å². The van der Waals surface area contributed by atoms with E-state index in [1.54, 1.807) is 43.6 Å². The van der Waals surface area contributed by atoms with Gasteiger partial charge in [0.15, 0.2) is 0 Å². The van der Waals surface area contributed by atoms with Crippen molar-refractivity contribution in [2.24, 2.45) is 0 Å². The third-order valence-electron chi connectivity index (χ3n) is 4.03. The fraction of sp³-hybridized carbons (Fsp3) is 0.143. The first-order valence-electron chi connectivity index (χ1n) is 8.54. The Labute approximate surface area is 163 Å². The second-order valence-corrected chi connectivity index (χ2v) is 6.30. The molecule has 0 fully saturated rings. The zero-order valence-corrected chi connectivity index (χ0v) is 15.7. The Morgan fingerprint density at radius 2 is 1.85 bits per heavy atom. The SMILES string of the molecule is COc1ccc(CCNc2ccc(NC(=O)c3ccccc3Cl)nc2)cc1. The Morgan fingerprint density at radius 3 is 2.52 bits per heavy atom. The molecular formula is C21H20ClN3O2. The molecule has 3 rings (SSSR count). The first kappa shape index (κ1) is 18.7. The highest BCUT2D eigenvalue weighted by molar-refractivity contribution is 6.34. The van der Waals surface area contributed by atoms with Gasteiger partial charge in [0.05, 0.1) is 29.6 Å². The van der Waals surface area contributed by atoms with Gasteiger partial charge in [0.25, 0.3) is 5.91 Å². The average Bonchev–Trinajstić information content (AvgIpc) is 2.70. The molecule has 0 aliphatic heterocycles. The van der Waals surface area contributed by atoms with Gasteiger partial charge in [0.2, 0.25) is 0 Å². The molecule has 0 saturated heterocycles. The van der Waals surface area contributed by atoms with Crippen molar-refractivity contribution in [3.63, 3.8) is 0 Å². The quantitative estimate of drug-likeness (QED) is 0.625. The van der Waals surface area contributed by atoms with Crippen molar-refractivity contribution in [3.05, 3.63) is 83.0 Å². The van der Waals surface area contributed by atoms with Gasteiger partial charge in [-0.25, -0.2) is 4.98 Å². The number of carbonyl (C=O) groups is 1. The van der Waals surface area contributed by atoms with Crippen molar-refractivity contribution in [1.82, 2.24) is 4.98 Å². The summed E-state index contributed by atoms with van der Waals surface area (Å²) in [6.07, 6.45) is 2.57. The zero-order valence-electron chi connectivity index (χ0n) is 14.9. The summed E-state index contributed by atoms with van der Waals surface area (Å²) >= 11 is 6.04. The molecule has 5 nitrogen and oxygen atoms in total. The van der Waals surface area contributed by atoms with Crippen molar-refractivity contribution in [3.8, 4) is 5.75 Å². The Morgan fingerprint density at radius 1 is 1.07 bits per heavy atom.